The first-order valence-electron chi connectivity index (χ1n) is 6.41. The topological polar surface area (TPSA) is 38.0 Å². The molecule has 1 unspecified atom stereocenters. The molecule has 0 aliphatic heterocycles. The Morgan fingerprint density at radius 1 is 1.32 bits per heavy atom. The molecule has 106 valence electrons. The van der Waals surface area contributed by atoms with Crippen molar-refractivity contribution in [2.75, 3.05) is 11.1 Å². The molecule has 1 aliphatic rings. The summed E-state index contributed by atoms with van der Waals surface area (Å²) in [6.07, 6.45) is -1.57. The van der Waals surface area contributed by atoms with Crippen molar-refractivity contribution in [2.45, 2.75) is 45.3 Å². The lowest BCUT2D eigenvalue weighted by atomic mass is 9.92. The largest absolute Gasteiger partial charge is 0.418 e. The zero-order valence-electron chi connectivity index (χ0n) is 11.1. The SMILES string of the molecule is CC1(C)CCC(Nc2ccc(N)cc2C(F)(F)F)C1. The molecule has 5 heteroatoms. The molecule has 0 heterocycles. The van der Waals surface area contributed by atoms with E-state index in [4.69, 9.17) is 5.73 Å². The fraction of sp³-hybridized carbons (Fsp3) is 0.571. The fourth-order valence-corrected chi connectivity index (χ4v) is 2.70. The lowest BCUT2D eigenvalue weighted by molar-refractivity contribution is -0.136. The van der Waals surface area contributed by atoms with E-state index in [9.17, 15) is 13.2 Å². The van der Waals surface area contributed by atoms with E-state index in [1.165, 1.54) is 12.1 Å². The Morgan fingerprint density at radius 2 is 2.00 bits per heavy atom. The van der Waals surface area contributed by atoms with E-state index in [0.717, 1.165) is 25.3 Å². The Labute approximate surface area is 111 Å². The summed E-state index contributed by atoms with van der Waals surface area (Å²) in [6.45, 7) is 4.28. The van der Waals surface area contributed by atoms with Crippen LogP contribution in [0.25, 0.3) is 0 Å². The summed E-state index contributed by atoms with van der Waals surface area (Å²) in [4.78, 5) is 0. The predicted molar refractivity (Wildman–Crippen MR) is 70.9 cm³/mol. The van der Waals surface area contributed by atoms with Crippen molar-refractivity contribution >= 4 is 11.4 Å². The van der Waals surface area contributed by atoms with Crippen LogP contribution in [0.15, 0.2) is 18.2 Å². The van der Waals surface area contributed by atoms with Crippen LogP contribution in [-0.2, 0) is 6.18 Å². The molecular formula is C14H19F3N2. The number of benzene rings is 1. The molecule has 3 N–H and O–H groups in total. The lowest BCUT2D eigenvalue weighted by Gasteiger charge is -2.21. The number of alkyl halides is 3. The first-order valence-corrected chi connectivity index (χ1v) is 6.41. The summed E-state index contributed by atoms with van der Waals surface area (Å²) in [7, 11) is 0. The minimum atomic E-state index is -4.38. The van der Waals surface area contributed by atoms with Crippen LogP contribution in [0.1, 0.15) is 38.7 Å². The van der Waals surface area contributed by atoms with E-state index in [1.54, 1.807) is 0 Å². The number of nitrogen functional groups attached to an aromatic ring is 1. The van der Waals surface area contributed by atoms with Gasteiger partial charge in [-0.2, -0.15) is 13.2 Å². The number of hydrogen-bond donors (Lipinski definition) is 2. The van der Waals surface area contributed by atoms with Crippen molar-refractivity contribution < 1.29 is 13.2 Å². The second kappa shape index (κ2) is 4.62. The molecule has 1 atom stereocenters. The van der Waals surface area contributed by atoms with Crippen LogP contribution in [-0.4, -0.2) is 6.04 Å². The third kappa shape index (κ3) is 3.33. The maximum absolute atomic E-state index is 13.0. The van der Waals surface area contributed by atoms with Crippen LogP contribution < -0.4 is 11.1 Å². The van der Waals surface area contributed by atoms with Crippen LogP contribution in [0, 0.1) is 5.41 Å². The number of rotatable bonds is 2. The summed E-state index contributed by atoms with van der Waals surface area (Å²) in [6, 6.07) is 4.00. The minimum absolute atomic E-state index is 0.0970. The molecule has 1 aromatic rings. The van der Waals surface area contributed by atoms with E-state index in [0.29, 0.717) is 0 Å². The predicted octanol–water partition coefficient (Wildman–Crippen LogP) is 4.28. The Balaban J connectivity index is 2.21. The van der Waals surface area contributed by atoms with Crippen molar-refractivity contribution in [3.05, 3.63) is 23.8 Å². The molecule has 2 nitrogen and oxygen atoms in total. The van der Waals surface area contributed by atoms with Crippen LogP contribution in [0.4, 0.5) is 24.5 Å². The number of anilines is 2. The molecule has 0 amide bonds. The molecule has 0 radical (unpaired) electrons. The summed E-state index contributed by atoms with van der Waals surface area (Å²) >= 11 is 0. The van der Waals surface area contributed by atoms with E-state index < -0.39 is 11.7 Å². The zero-order valence-corrected chi connectivity index (χ0v) is 11.1. The van der Waals surface area contributed by atoms with Gasteiger partial charge in [-0.3, -0.25) is 0 Å². The third-order valence-electron chi connectivity index (χ3n) is 3.68. The maximum atomic E-state index is 13.0. The van der Waals surface area contributed by atoms with Crippen LogP contribution in [0.5, 0.6) is 0 Å². The second-order valence-corrected chi connectivity index (χ2v) is 6.05. The normalized spacial score (nSPS) is 22.5. The van der Waals surface area contributed by atoms with Gasteiger partial charge in [-0.25, -0.2) is 0 Å². The Bertz CT molecular complexity index is 466. The van der Waals surface area contributed by atoms with E-state index in [-0.39, 0.29) is 22.8 Å². The smallest absolute Gasteiger partial charge is 0.399 e. The summed E-state index contributed by atoms with van der Waals surface area (Å²) < 4.78 is 38.9. The summed E-state index contributed by atoms with van der Waals surface area (Å²) in [5, 5.41) is 3.02. The molecule has 1 fully saturated rings. The quantitative estimate of drug-likeness (QED) is 0.789. The Kier molecular flexibility index (Phi) is 3.41. The van der Waals surface area contributed by atoms with Gasteiger partial charge >= 0.3 is 6.18 Å². The van der Waals surface area contributed by atoms with Gasteiger partial charge in [0.1, 0.15) is 0 Å². The molecule has 0 saturated heterocycles. The fourth-order valence-electron chi connectivity index (χ4n) is 2.70. The molecule has 19 heavy (non-hydrogen) atoms. The molecule has 2 rings (SSSR count). The summed E-state index contributed by atoms with van der Waals surface area (Å²) in [5.74, 6) is 0. The molecule has 1 saturated carbocycles. The first-order chi connectivity index (χ1) is 8.67. The standard InChI is InChI=1S/C14H19F3N2/c1-13(2)6-5-10(8-13)19-12-4-3-9(18)7-11(12)14(15,16)17/h3-4,7,10,19H,5-6,8,18H2,1-2H3. The van der Waals surface area contributed by atoms with E-state index in [2.05, 4.69) is 19.2 Å². The average Bonchev–Trinajstić information content (AvgIpc) is 2.59. The van der Waals surface area contributed by atoms with Crippen LogP contribution in [0.2, 0.25) is 0 Å². The Morgan fingerprint density at radius 3 is 2.53 bits per heavy atom. The van der Waals surface area contributed by atoms with Gasteiger partial charge in [-0.15, -0.1) is 0 Å². The highest BCUT2D eigenvalue weighted by atomic mass is 19.4. The maximum Gasteiger partial charge on any atom is 0.418 e. The van der Waals surface area contributed by atoms with Gasteiger partial charge < -0.3 is 11.1 Å². The van der Waals surface area contributed by atoms with Crippen LogP contribution >= 0.6 is 0 Å². The lowest BCUT2D eigenvalue weighted by Crippen LogP contribution is -2.20. The van der Waals surface area contributed by atoms with Gasteiger partial charge in [-0.1, -0.05) is 13.8 Å². The minimum Gasteiger partial charge on any atom is -0.399 e. The highest BCUT2D eigenvalue weighted by Gasteiger charge is 2.36. The van der Waals surface area contributed by atoms with Crippen molar-refractivity contribution in [1.82, 2.24) is 0 Å². The first kappa shape index (κ1) is 14.0. The Hall–Kier alpha value is -1.39. The second-order valence-electron chi connectivity index (χ2n) is 6.05. The molecular weight excluding hydrogens is 253 g/mol. The molecule has 1 aromatic carbocycles. The molecule has 0 aromatic heterocycles. The van der Waals surface area contributed by atoms with E-state index >= 15 is 0 Å². The van der Waals surface area contributed by atoms with Crippen LogP contribution in [0.3, 0.4) is 0 Å². The van der Waals surface area contributed by atoms with Gasteiger partial charge in [0.05, 0.1) is 5.56 Å². The van der Waals surface area contributed by atoms with Crippen molar-refractivity contribution in [2.24, 2.45) is 5.41 Å². The molecule has 1 aliphatic carbocycles. The van der Waals surface area contributed by atoms with Gasteiger partial charge in [0.15, 0.2) is 0 Å². The van der Waals surface area contributed by atoms with Crippen molar-refractivity contribution in [3.8, 4) is 0 Å². The van der Waals surface area contributed by atoms with E-state index in [1.807, 2.05) is 0 Å². The van der Waals surface area contributed by atoms with Gasteiger partial charge in [0, 0.05) is 17.4 Å². The number of nitrogens with one attached hydrogen (secondary N) is 1. The van der Waals surface area contributed by atoms with Gasteiger partial charge in [0.25, 0.3) is 0 Å². The van der Waals surface area contributed by atoms with Gasteiger partial charge in [0.2, 0.25) is 0 Å². The monoisotopic (exact) mass is 272 g/mol. The number of nitrogens with two attached hydrogens (primary N) is 1. The third-order valence-corrected chi connectivity index (χ3v) is 3.68. The van der Waals surface area contributed by atoms with Gasteiger partial charge in [-0.05, 0) is 42.9 Å². The summed E-state index contributed by atoms with van der Waals surface area (Å²) in [5.41, 5.74) is 5.22. The highest BCUT2D eigenvalue weighted by Crippen LogP contribution is 2.41. The zero-order chi connectivity index (χ0) is 14.3. The molecule has 0 spiro atoms. The number of halogens is 3. The van der Waals surface area contributed by atoms with Crippen molar-refractivity contribution in [1.29, 1.82) is 0 Å². The number of hydrogen-bond acceptors (Lipinski definition) is 2. The average molecular weight is 272 g/mol. The molecule has 0 bridgehead atoms. The van der Waals surface area contributed by atoms with Crippen molar-refractivity contribution in [3.63, 3.8) is 0 Å². The highest BCUT2D eigenvalue weighted by molar-refractivity contribution is 5.59.